The molecule has 0 bridgehead atoms. The maximum absolute atomic E-state index is 12.1. The summed E-state index contributed by atoms with van der Waals surface area (Å²) in [5.74, 6) is -0.144. The molecule has 2 aromatic heterocycles. The topological polar surface area (TPSA) is 66.9 Å². The predicted octanol–water partition coefficient (Wildman–Crippen LogP) is 2.21. The molecule has 2 aromatic rings. The Morgan fingerprint density at radius 3 is 3.00 bits per heavy atom. The van der Waals surface area contributed by atoms with Crippen molar-refractivity contribution in [2.75, 3.05) is 11.9 Å². The van der Waals surface area contributed by atoms with Gasteiger partial charge in [-0.25, -0.2) is 4.98 Å². The van der Waals surface area contributed by atoms with Gasteiger partial charge in [-0.05, 0) is 19.9 Å². The van der Waals surface area contributed by atoms with Gasteiger partial charge in [0.25, 0.3) is 5.91 Å². The Labute approximate surface area is 116 Å². The smallest absolute Gasteiger partial charge is 0.255 e. The summed E-state index contributed by atoms with van der Waals surface area (Å²) in [5.41, 5.74) is 2.23. The number of hydrogen-bond donors (Lipinski definition) is 2. The molecule has 5 nitrogen and oxygen atoms in total. The van der Waals surface area contributed by atoms with Gasteiger partial charge in [-0.2, -0.15) is 0 Å². The normalized spacial score (nSPS) is 10.2. The molecule has 2 rings (SSSR count). The highest BCUT2D eigenvalue weighted by Gasteiger charge is 2.11. The molecule has 19 heavy (non-hydrogen) atoms. The van der Waals surface area contributed by atoms with Gasteiger partial charge >= 0.3 is 0 Å². The molecule has 2 N–H and O–H groups in total. The number of aryl methyl sites for hydroxylation is 1. The van der Waals surface area contributed by atoms with Crippen LogP contribution >= 0.6 is 11.3 Å². The predicted molar refractivity (Wildman–Crippen MR) is 76.4 cm³/mol. The van der Waals surface area contributed by atoms with Gasteiger partial charge in [0.05, 0.1) is 28.5 Å². The van der Waals surface area contributed by atoms with Crippen molar-refractivity contribution in [2.45, 2.75) is 20.4 Å². The molecule has 0 saturated heterocycles. The van der Waals surface area contributed by atoms with E-state index in [-0.39, 0.29) is 5.91 Å². The first-order valence-corrected chi connectivity index (χ1v) is 6.95. The van der Waals surface area contributed by atoms with Crippen LogP contribution in [0.5, 0.6) is 0 Å². The molecular formula is C13H16N4OS. The zero-order chi connectivity index (χ0) is 13.7. The van der Waals surface area contributed by atoms with Crippen molar-refractivity contribution in [3.63, 3.8) is 0 Å². The number of anilines is 1. The monoisotopic (exact) mass is 276 g/mol. The second-order valence-electron chi connectivity index (χ2n) is 3.99. The number of carbonyl (C=O) groups is 1. The van der Waals surface area contributed by atoms with Crippen LogP contribution in [-0.4, -0.2) is 22.4 Å². The molecule has 0 fully saturated rings. The van der Waals surface area contributed by atoms with Crippen LogP contribution < -0.4 is 10.6 Å². The SMILES string of the molecule is CCNc1ccncc1C(=O)NCc1csc(C)n1. The van der Waals surface area contributed by atoms with Crippen molar-refractivity contribution in [1.82, 2.24) is 15.3 Å². The summed E-state index contributed by atoms with van der Waals surface area (Å²) in [7, 11) is 0. The molecule has 0 atom stereocenters. The lowest BCUT2D eigenvalue weighted by Gasteiger charge is -2.09. The van der Waals surface area contributed by atoms with Gasteiger partial charge in [0.2, 0.25) is 0 Å². The fourth-order valence-electron chi connectivity index (χ4n) is 1.68. The van der Waals surface area contributed by atoms with E-state index in [2.05, 4.69) is 20.6 Å². The third kappa shape index (κ3) is 3.51. The van der Waals surface area contributed by atoms with E-state index in [1.54, 1.807) is 29.8 Å². The van der Waals surface area contributed by atoms with E-state index in [0.717, 1.165) is 22.9 Å². The Hall–Kier alpha value is -1.95. The molecule has 0 unspecified atom stereocenters. The van der Waals surface area contributed by atoms with Crippen LogP contribution in [0.4, 0.5) is 5.69 Å². The molecule has 6 heteroatoms. The summed E-state index contributed by atoms with van der Waals surface area (Å²) in [5, 5.41) is 8.95. The van der Waals surface area contributed by atoms with Gasteiger partial charge in [-0.15, -0.1) is 11.3 Å². The van der Waals surface area contributed by atoms with E-state index in [9.17, 15) is 4.79 Å². The number of nitrogens with one attached hydrogen (secondary N) is 2. The first-order chi connectivity index (χ1) is 9.20. The molecule has 0 aliphatic rings. The number of hydrogen-bond acceptors (Lipinski definition) is 5. The summed E-state index contributed by atoms with van der Waals surface area (Å²) >= 11 is 1.58. The van der Waals surface area contributed by atoms with E-state index in [0.29, 0.717) is 12.1 Å². The van der Waals surface area contributed by atoms with E-state index in [4.69, 9.17) is 0 Å². The van der Waals surface area contributed by atoms with Gasteiger partial charge < -0.3 is 10.6 Å². The van der Waals surface area contributed by atoms with Gasteiger partial charge in [0, 0.05) is 24.3 Å². The Balaban J connectivity index is 2.03. The average Bonchev–Trinajstić information content (AvgIpc) is 2.83. The molecule has 0 aliphatic carbocycles. The van der Waals surface area contributed by atoms with Crippen molar-refractivity contribution >= 4 is 22.9 Å². The summed E-state index contributed by atoms with van der Waals surface area (Å²) < 4.78 is 0. The molecule has 0 saturated carbocycles. The van der Waals surface area contributed by atoms with Gasteiger partial charge in [0.1, 0.15) is 0 Å². The van der Waals surface area contributed by atoms with E-state index in [1.807, 2.05) is 19.2 Å². The van der Waals surface area contributed by atoms with Gasteiger partial charge in [0.15, 0.2) is 0 Å². The fourth-order valence-corrected chi connectivity index (χ4v) is 2.29. The van der Waals surface area contributed by atoms with Crippen molar-refractivity contribution in [1.29, 1.82) is 0 Å². The van der Waals surface area contributed by atoms with Crippen molar-refractivity contribution in [2.24, 2.45) is 0 Å². The lowest BCUT2D eigenvalue weighted by atomic mass is 10.2. The standard InChI is InChI=1S/C13H16N4OS/c1-3-15-12-4-5-14-7-11(12)13(18)16-6-10-8-19-9(2)17-10/h4-5,7-8H,3,6H2,1-2H3,(H,14,15)(H,16,18). The zero-order valence-electron chi connectivity index (χ0n) is 10.9. The Morgan fingerprint density at radius 1 is 1.47 bits per heavy atom. The Bertz CT molecular complexity index is 567. The quantitative estimate of drug-likeness (QED) is 0.878. The molecule has 0 aromatic carbocycles. The molecule has 0 spiro atoms. The third-order valence-electron chi connectivity index (χ3n) is 2.53. The summed E-state index contributed by atoms with van der Waals surface area (Å²) in [4.78, 5) is 20.4. The maximum Gasteiger partial charge on any atom is 0.255 e. The number of aromatic nitrogens is 2. The Morgan fingerprint density at radius 2 is 2.32 bits per heavy atom. The number of thiazole rings is 1. The van der Waals surface area contributed by atoms with Crippen LogP contribution in [0.2, 0.25) is 0 Å². The first-order valence-electron chi connectivity index (χ1n) is 6.07. The highest BCUT2D eigenvalue weighted by Crippen LogP contribution is 2.13. The summed E-state index contributed by atoms with van der Waals surface area (Å²) in [6.45, 7) is 5.12. The van der Waals surface area contributed by atoms with Crippen LogP contribution in [0.25, 0.3) is 0 Å². The largest absolute Gasteiger partial charge is 0.385 e. The average molecular weight is 276 g/mol. The van der Waals surface area contributed by atoms with Gasteiger partial charge in [-0.3, -0.25) is 9.78 Å². The van der Waals surface area contributed by atoms with E-state index < -0.39 is 0 Å². The first kappa shape index (κ1) is 13.5. The van der Waals surface area contributed by atoms with Crippen LogP contribution in [0.3, 0.4) is 0 Å². The maximum atomic E-state index is 12.1. The van der Waals surface area contributed by atoms with Crippen LogP contribution in [0, 0.1) is 6.92 Å². The molecular weight excluding hydrogens is 260 g/mol. The molecule has 0 aliphatic heterocycles. The second-order valence-corrected chi connectivity index (χ2v) is 5.05. The molecule has 1 amide bonds. The minimum Gasteiger partial charge on any atom is -0.385 e. The zero-order valence-corrected chi connectivity index (χ0v) is 11.8. The van der Waals surface area contributed by atoms with Crippen LogP contribution in [0.1, 0.15) is 28.0 Å². The highest BCUT2D eigenvalue weighted by atomic mass is 32.1. The summed E-state index contributed by atoms with van der Waals surface area (Å²) in [6, 6.07) is 1.80. The molecule has 0 radical (unpaired) electrons. The van der Waals surface area contributed by atoms with Crippen LogP contribution in [-0.2, 0) is 6.54 Å². The number of pyridine rings is 1. The summed E-state index contributed by atoms with van der Waals surface area (Å²) in [6.07, 6.45) is 3.23. The number of rotatable bonds is 5. The fraction of sp³-hybridized carbons (Fsp3) is 0.308. The lowest BCUT2D eigenvalue weighted by Crippen LogP contribution is -2.24. The van der Waals surface area contributed by atoms with Gasteiger partial charge in [-0.1, -0.05) is 0 Å². The van der Waals surface area contributed by atoms with Crippen molar-refractivity contribution < 1.29 is 4.79 Å². The molecule has 100 valence electrons. The highest BCUT2D eigenvalue weighted by molar-refractivity contribution is 7.09. The van der Waals surface area contributed by atoms with Crippen molar-refractivity contribution in [3.8, 4) is 0 Å². The molecule has 2 heterocycles. The van der Waals surface area contributed by atoms with Crippen molar-refractivity contribution in [3.05, 3.63) is 40.1 Å². The minimum absolute atomic E-state index is 0.144. The lowest BCUT2D eigenvalue weighted by molar-refractivity contribution is 0.0951. The Kier molecular flexibility index (Phi) is 4.46. The number of nitrogens with zero attached hydrogens (tertiary/aromatic N) is 2. The second kappa shape index (κ2) is 6.29. The van der Waals surface area contributed by atoms with E-state index in [1.165, 1.54) is 0 Å². The number of amides is 1. The number of carbonyl (C=O) groups excluding carboxylic acids is 1. The minimum atomic E-state index is -0.144. The van der Waals surface area contributed by atoms with E-state index >= 15 is 0 Å². The third-order valence-corrected chi connectivity index (χ3v) is 3.35. The van der Waals surface area contributed by atoms with Crippen LogP contribution in [0.15, 0.2) is 23.8 Å².